The molecule has 2 aromatic heterocycles. The lowest BCUT2D eigenvalue weighted by Crippen LogP contribution is -2.05. The van der Waals surface area contributed by atoms with E-state index in [9.17, 15) is 10.1 Å². The highest BCUT2D eigenvalue weighted by atomic mass is 16.6. The Balaban J connectivity index is 1.64. The molecule has 0 aliphatic carbocycles. The molecule has 4 aromatic rings. The minimum Gasteiger partial charge on any atom is -0.360 e. The van der Waals surface area contributed by atoms with Crippen molar-refractivity contribution in [2.45, 2.75) is 13.1 Å². The van der Waals surface area contributed by atoms with E-state index in [1.54, 1.807) is 18.3 Å². The molecule has 7 heteroatoms. The number of hydrogen-bond acceptors (Lipinski definition) is 4. The van der Waals surface area contributed by atoms with Gasteiger partial charge in [-0.1, -0.05) is 24.3 Å². The molecule has 0 saturated heterocycles. The molecule has 0 aliphatic heterocycles. The summed E-state index contributed by atoms with van der Waals surface area (Å²) in [5, 5.41) is 10.8. The molecule has 4 rings (SSSR count). The first kappa shape index (κ1) is 16.7. The third-order valence-corrected chi connectivity index (χ3v) is 4.31. The lowest BCUT2D eigenvalue weighted by Gasteiger charge is -2.08. The summed E-state index contributed by atoms with van der Waals surface area (Å²) in [5.41, 5.74) is 3.92. The summed E-state index contributed by atoms with van der Waals surface area (Å²) in [7, 11) is 0. The van der Waals surface area contributed by atoms with Crippen LogP contribution in [-0.4, -0.2) is 25.7 Å². The first-order valence-electron chi connectivity index (χ1n) is 8.51. The normalized spacial score (nSPS) is 11.4. The fourth-order valence-corrected chi connectivity index (χ4v) is 2.98. The van der Waals surface area contributed by atoms with E-state index >= 15 is 0 Å². The van der Waals surface area contributed by atoms with Crippen LogP contribution in [0.15, 0.2) is 71.9 Å². The van der Waals surface area contributed by atoms with Crippen LogP contribution in [0.4, 0.5) is 5.69 Å². The monoisotopic (exact) mass is 359 g/mol. The summed E-state index contributed by atoms with van der Waals surface area (Å²) in [6.45, 7) is 1.02. The maximum atomic E-state index is 10.8. The van der Waals surface area contributed by atoms with Gasteiger partial charge in [-0.3, -0.25) is 15.1 Å². The number of nitrogens with one attached hydrogen (secondary N) is 1. The highest BCUT2D eigenvalue weighted by Crippen LogP contribution is 2.20. The second-order valence-electron chi connectivity index (χ2n) is 6.12. The van der Waals surface area contributed by atoms with Crippen LogP contribution in [-0.2, 0) is 13.1 Å². The number of aliphatic imine (C=N–C) groups is 1. The number of benzene rings is 2. The quantitative estimate of drug-likeness (QED) is 0.321. The van der Waals surface area contributed by atoms with E-state index in [0.717, 1.165) is 28.1 Å². The molecule has 0 spiro atoms. The van der Waals surface area contributed by atoms with Gasteiger partial charge in [-0.05, 0) is 29.8 Å². The number of nitrogens with zero attached hydrogens (tertiary/aromatic N) is 4. The van der Waals surface area contributed by atoms with Crippen molar-refractivity contribution in [1.82, 2.24) is 14.5 Å². The van der Waals surface area contributed by atoms with E-state index in [2.05, 4.69) is 14.5 Å². The molecule has 2 aromatic carbocycles. The van der Waals surface area contributed by atoms with E-state index in [-0.39, 0.29) is 5.69 Å². The van der Waals surface area contributed by atoms with E-state index in [1.165, 1.54) is 12.1 Å². The second-order valence-corrected chi connectivity index (χ2v) is 6.12. The Morgan fingerprint density at radius 1 is 1.11 bits per heavy atom. The summed E-state index contributed by atoms with van der Waals surface area (Å²) in [6, 6.07) is 18.4. The number of H-pyrrole nitrogens is 1. The molecule has 0 fully saturated rings. The summed E-state index contributed by atoms with van der Waals surface area (Å²) < 4.78 is 2.10. The molecule has 134 valence electrons. The van der Waals surface area contributed by atoms with Crippen LogP contribution in [0.25, 0.3) is 11.0 Å². The van der Waals surface area contributed by atoms with Gasteiger partial charge in [-0.15, -0.1) is 0 Å². The van der Waals surface area contributed by atoms with Crippen LogP contribution >= 0.6 is 0 Å². The average Bonchev–Trinajstić information content (AvgIpc) is 3.31. The zero-order valence-corrected chi connectivity index (χ0v) is 14.4. The molecule has 0 amide bonds. The van der Waals surface area contributed by atoms with Crippen LogP contribution < -0.4 is 0 Å². The molecule has 2 heterocycles. The number of nitro groups is 1. The largest absolute Gasteiger partial charge is 0.360 e. The Bertz CT molecular complexity index is 1100. The number of aromatic nitrogens is 3. The van der Waals surface area contributed by atoms with Crippen molar-refractivity contribution < 1.29 is 4.92 Å². The minimum atomic E-state index is -0.392. The Kier molecular flexibility index (Phi) is 4.49. The molecule has 0 unspecified atom stereocenters. The number of rotatable bonds is 6. The molecule has 1 N–H and O–H groups in total. The van der Waals surface area contributed by atoms with E-state index in [1.807, 2.05) is 42.6 Å². The van der Waals surface area contributed by atoms with Crippen molar-refractivity contribution >= 4 is 22.9 Å². The standard InChI is InChI=1S/C20H17N5O2/c26-25(27)17-9-7-15(8-10-17)14-24-19-6-2-1-5-18(19)23-20(24)13-21-12-16-4-3-11-22-16/h1-12,22H,13-14H2. The molecule has 27 heavy (non-hydrogen) atoms. The highest BCUT2D eigenvalue weighted by molar-refractivity contribution is 5.77. The number of nitro benzene ring substituents is 1. The van der Waals surface area contributed by atoms with Crippen molar-refractivity contribution in [3.05, 3.63) is 94.1 Å². The number of aromatic amines is 1. The maximum absolute atomic E-state index is 10.8. The third-order valence-electron chi connectivity index (χ3n) is 4.31. The summed E-state index contributed by atoms with van der Waals surface area (Å²) in [4.78, 5) is 22.7. The second kappa shape index (κ2) is 7.25. The van der Waals surface area contributed by atoms with Crippen molar-refractivity contribution in [3.8, 4) is 0 Å². The van der Waals surface area contributed by atoms with Gasteiger partial charge in [0.15, 0.2) is 0 Å². The van der Waals surface area contributed by atoms with Gasteiger partial charge < -0.3 is 9.55 Å². The van der Waals surface area contributed by atoms with Crippen molar-refractivity contribution in [2.75, 3.05) is 0 Å². The molecule has 7 nitrogen and oxygen atoms in total. The predicted molar refractivity (Wildman–Crippen MR) is 104 cm³/mol. The molecule has 0 bridgehead atoms. The van der Waals surface area contributed by atoms with E-state index in [4.69, 9.17) is 4.98 Å². The number of imidazole rings is 1. The number of hydrogen-bond donors (Lipinski definition) is 1. The van der Waals surface area contributed by atoms with Crippen LogP contribution in [0.1, 0.15) is 17.1 Å². The molecule has 0 radical (unpaired) electrons. The van der Waals surface area contributed by atoms with E-state index in [0.29, 0.717) is 13.1 Å². The highest BCUT2D eigenvalue weighted by Gasteiger charge is 2.11. The first-order chi connectivity index (χ1) is 13.2. The number of para-hydroxylation sites is 2. The van der Waals surface area contributed by atoms with Gasteiger partial charge >= 0.3 is 0 Å². The lowest BCUT2D eigenvalue weighted by molar-refractivity contribution is -0.384. The lowest BCUT2D eigenvalue weighted by atomic mass is 10.2. The van der Waals surface area contributed by atoms with Crippen molar-refractivity contribution in [1.29, 1.82) is 0 Å². The zero-order valence-electron chi connectivity index (χ0n) is 14.4. The number of fused-ring (bicyclic) bond motifs is 1. The SMILES string of the molecule is O=[N+]([O-])c1ccc(Cn2c(CN=Cc3ccc[nH]3)nc3ccccc32)cc1. The van der Waals surface area contributed by atoms with Crippen LogP contribution in [0.5, 0.6) is 0 Å². The third kappa shape index (κ3) is 3.62. The predicted octanol–water partition coefficient (Wildman–Crippen LogP) is 3.94. The molecular formula is C20H17N5O2. The first-order valence-corrected chi connectivity index (χ1v) is 8.51. The average molecular weight is 359 g/mol. The van der Waals surface area contributed by atoms with Gasteiger partial charge in [0, 0.05) is 31.1 Å². The maximum Gasteiger partial charge on any atom is 0.269 e. The van der Waals surface area contributed by atoms with Gasteiger partial charge in [-0.2, -0.15) is 0 Å². The van der Waals surface area contributed by atoms with Crippen LogP contribution in [0.3, 0.4) is 0 Å². The fourth-order valence-electron chi connectivity index (χ4n) is 2.98. The summed E-state index contributed by atoms with van der Waals surface area (Å²) >= 11 is 0. The topological polar surface area (TPSA) is 89.1 Å². The fraction of sp³-hybridized carbons (Fsp3) is 0.100. The van der Waals surface area contributed by atoms with Crippen molar-refractivity contribution in [2.24, 2.45) is 4.99 Å². The minimum absolute atomic E-state index is 0.0880. The van der Waals surface area contributed by atoms with Gasteiger partial charge in [0.25, 0.3) is 5.69 Å². The molecular weight excluding hydrogens is 342 g/mol. The Morgan fingerprint density at radius 2 is 1.93 bits per heavy atom. The van der Waals surface area contributed by atoms with Crippen molar-refractivity contribution in [3.63, 3.8) is 0 Å². The summed E-state index contributed by atoms with van der Waals surface area (Å²) in [6.07, 6.45) is 3.64. The molecule has 0 aliphatic rings. The van der Waals surface area contributed by atoms with Gasteiger partial charge in [0.2, 0.25) is 0 Å². The zero-order chi connectivity index (χ0) is 18.6. The Hall–Kier alpha value is -3.74. The Morgan fingerprint density at radius 3 is 2.67 bits per heavy atom. The molecule has 0 saturated carbocycles. The van der Waals surface area contributed by atoms with Gasteiger partial charge in [-0.25, -0.2) is 4.98 Å². The number of non-ortho nitro benzene ring substituents is 1. The molecule has 0 atom stereocenters. The smallest absolute Gasteiger partial charge is 0.269 e. The van der Waals surface area contributed by atoms with E-state index < -0.39 is 4.92 Å². The van der Waals surface area contributed by atoms with Crippen LogP contribution in [0, 0.1) is 10.1 Å². The Labute approximate surface area is 155 Å². The van der Waals surface area contributed by atoms with Crippen LogP contribution in [0.2, 0.25) is 0 Å². The summed E-state index contributed by atoms with van der Waals surface area (Å²) in [5.74, 6) is 0.845. The van der Waals surface area contributed by atoms with Gasteiger partial charge in [0.05, 0.1) is 28.2 Å². The van der Waals surface area contributed by atoms with Gasteiger partial charge in [0.1, 0.15) is 5.82 Å².